The number of amides is 2. The molecule has 2 aliphatic rings. The van der Waals surface area contributed by atoms with Crippen molar-refractivity contribution in [3.63, 3.8) is 0 Å². The molecule has 10 heteroatoms. The standard InChI is InChI=1S/C28H28N6O3S/c1-16(35)30-28-32-21-11-10-20-24(18-6-5-13-29-15-18)33-34(25(20)26(21)38-28)22-12-9-17(14-23(22)36)27(37)31-19-7-3-2-4-8-19/h5-6,9,12-15,19,36H,2-4,7-8,10-11H2,1H3,(H,31,37)(H,30,32,35). The third kappa shape index (κ3) is 4.56. The number of hydrogen-bond donors (Lipinski definition) is 3. The van der Waals surface area contributed by atoms with Gasteiger partial charge in [0.2, 0.25) is 5.91 Å². The van der Waals surface area contributed by atoms with Gasteiger partial charge in [0, 0.05) is 42.0 Å². The van der Waals surface area contributed by atoms with Crippen molar-refractivity contribution in [1.82, 2.24) is 25.1 Å². The smallest absolute Gasteiger partial charge is 0.251 e. The van der Waals surface area contributed by atoms with Crippen molar-refractivity contribution in [2.24, 2.45) is 0 Å². The first-order valence-electron chi connectivity index (χ1n) is 12.9. The number of phenolic OH excluding ortho intramolecular Hbond substituents is 1. The van der Waals surface area contributed by atoms with Gasteiger partial charge in [0.1, 0.15) is 11.4 Å². The van der Waals surface area contributed by atoms with Crippen LogP contribution in [0.5, 0.6) is 5.75 Å². The van der Waals surface area contributed by atoms with E-state index in [2.05, 4.69) is 20.6 Å². The number of aryl methyl sites for hydroxylation is 1. The van der Waals surface area contributed by atoms with Crippen LogP contribution in [-0.2, 0) is 17.6 Å². The van der Waals surface area contributed by atoms with Crippen molar-refractivity contribution in [1.29, 1.82) is 0 Å². The van der Waals surface area contributed by atoms with E-state index in [-0.39, 0.29) is 23.6 Å². The Morgan fingerprint density at radius 3 is 2.71 bits per heavy atom. The number of phenols is 1. The van der Waals surface area contributed by atoms with Crippen molar-refractivity contribution in [3.05, 3.63) is 59.5 Å². The Balaban J connectivity index is 1.42. The molecule has 38 heavy (non-hydrogen) atoms. The van der Waals surface area contributed by atoms with Crippen LogP contribution < -0.4 is 10.6 Å². The van der Waals surface area contributed by atoms with Crippen LogP contribution in [-0.4, -0.2) is 42.7 Å². The second kappa shape index (κ2) is 10.0. The molecule has 0 atom stereocenters. The van der Waals surface area contributed by atoms with Gasteiger partial charge in [-0.05, 0) is 56.0 Å². The monoisotopic (exact) mass is 528 g/mol. The maximum absolute atomic E-state index is 12.9. The number of rotatable bonds is 5. The van der Waals surface area contributed by atoms with Gasteiger partial charge < -0.3 is 15.7 Å². The molecule has 3 heterocycles. The normalized spacial score (nSPS) is 15.0. The van der Waals surface area contributed by atoms with E-state index in [1.54, 1.807) is 29.2 Å². The number of carbonyl (C=O) groups excluding carboxylic acids is 2. The summed E-state index contributed by atoms with van der Waals surface area (Å²) in [6.45, 7) is 1.46. The minimum Gasteiger partial charge on any atom is -0.506 e. The van der Waals surface area contributed by atoms with Crippen molar-refractivity contribution < 1.29 is 14.7 Å². The van der Waals surface area contributed by atoms with Gasteiger partial charge in [0.15, 0.2) is 5.13 Å². The predicted molar refractivity (Wildman–Crippen MR) is 146 cm³/mol. The summed E-state index contributed by atoms with van der Waals surface area (Å²) < 4.78 is 1.73. The van der Waals surface area contributed by atoms with Gasteiger partial charge in [-0.25, -0.2) is 9.67 Å². The number of benzene rings is 1. The number of nitrogens with zero attached hydrogens (tertiary/aromatic N) is 4. The number of fused-ring (bicyclic) bond motifs is 3. The van der Waals surface area contributed by atoms with Gasteiger partial charge in [-0.2, -0.15) is 5.10 Å². The average Bonchev–Trinajstić information content (AvgIpc) is 3.50. The maximum atomic E-state index is 12.9. The lowest BCUT2D eigenvalue weighted by Gasteiger charge is -2.22. The second-order valence-corrected chi connectivity index (χ2v) is 10.8. The van der Waals surface area contributed by atoms with Gasteiger partial charge in [0.25, 0.3) is 5.91 Å². The number of hydrogen-bond acceptors (Lipinski definition) is 7. The summed E-state index contributed by atoms with van der Waals surface area (Å²) in [7, 11) is 0. The van der Waals surface area contributed by atoms with Gasteiger partial charge in [-0.15, -0.1) is 0 Å². The molecule has 194 valence electrons. The molecule has 0 unspecified atom stereocenters. The van der Waals surface area contributed by atoms with Crippen molar-refractivity contribution in [2.75, 3.05) is 5.32 Å². The zero-order valence-electron chi connectivity index (χ0n) is 21.0. The SMILES string of the molecule is CC(=O)Nc1nc2c(s1)-c1c(c(-c3cccnc3)nn1-c1ccc(C(=O)NC3CCCCC3)cc1O)CC2. The molecular weight excluding hydrogens is 500 g/mol. The highest BCUT2D eigenvalue weighted by molar-refractivity contribution is 7.19. The van der Waals surface area contributed by atoms with Crippen LogP contribution >= 0.6 is 11.3 Å². The number of carbonyl (C=O) groups is 2. The number of pyridine rings is 1. The molecule has 0 radical (unpaired) electrons. The van der Waals surface area contributed by atoms with Crippen LogP contribution in [0.3, 0.4) is 0 Å². The van der Waals surface area contributed by atoms with Crippen LogP contribution in [0.1, 0.15) is 60.6 Å². The van der Waals surface area contributed by atoms with Gasteiger partial charge in [-0.1, -0.05) is 30.6 Å². The lowest BCUT2D eigenvalue weighted by atomic mass is 9.95. The molecule has 0 bridgehead atoms. The summed E-state index contributed by atoms with van der Waals surface area (Å²) in [5.41, 5.74) is 5.28. The Labute approximate surface area is 224 Å². The van der Waals surface area contributed by atoms with E-state index in [4.69, 9.17) is 5.10 Å². The predicted octanol–water partition coefficient (Wildman–Crippen LogP) is 4.88. The van der Waals surface area contributed by atoms with E-state index in [1.165, 1.54) is 30.7 Å². The van der Waals surface area contributed by atoms with E-state index >= 15 is 0 Å². The highest BCUT2D eigenvalue weighted by atomic mass is 32.1. The molecule has 0 aliphatic heterocycles. The van der Waals surface area contributed by atoms with E-state index in [9.17, 15) is 14.7 Å². The Bertz CT molecular complexity index is 1520. The molecule has 3 N–H and O–H groups in total. The zero-order valence-corrected chi connectivity index (χ0v) is 21.8. The van der Waals surface area contributed by atoms with Gasteiger partial charge in [-0.3, -0.25) is 14.6 Å². The zero-order chi connectivity index (χ0) is 26.2. The lowest BCUT2D eigenvalue weighted by molar-refractivity contribution is -0.114. The number of anilines is 1. The van der Waals surface area contributed by atoms with Crippen LogP contribution in [0.2, 0.25) is 0 Å². The first kappa shape index (κ1) is 24.3. The summed E-state index contributed by atoms with van der Waals surface area (Å²) in [4.78, 5) is 34.4. The lowest BCUT2D eigenvalue weighted by Crippen LogP contribution is -2.36. The molecule has 0 saturated heterocycles. The second-order valence-electron chi connectivity index (χ2n) is 9.82. The first-order chi connectivity index (χ1) is 18.5. The molecule has 9 nitrogen and oxygen atoms in total. The third-order valence-electron chi connectivity index (χ3n) is 7.13. The highest BCUT2D eigenvalue weighted by Crippen LogP contribution is 2.45. The molecule has 2 amide bonds. The summed E-state index contributed by atoms with van der Waals surface area (Å²) >= 11 is 1.39. The Hall–Kier alpha value is -4.05. The van der Waals surface area contributed by atoms with Crippen molar-refractivity contribution >= 4 is 28.3 Å². The summed E-state index contributed by atoms with van der Waals surface area (Å²) in [5, 5.41) is 22.5. The van der Waals surface area contributed by atoms with Crippen LogP contribution in [0.15, 0.2) is 42.7 Å². The molecular formula is C28H28N6O3S. The summed E-state index contributed by atoms with van der Waals surface area (Å²) in [5.74, 6) is -0.398. The van der Waals surface area contributed by atoms with E-state index in [1.807, 2.05) is 12.1 Å². The molecule has 4 aromatic rings. The third-order valence-corrected chi connectivity index (χ3v) is 8.15. The van der Waals surface area contributed by atoms with E-state index < -0.39 is 0 Å². The maximum Gasteiger partial charge on any atom is 0.251 e. The van der Waals surface area contributed by atoms with Crippen LogP contribution in [0.4, 0.5) is 5.13 Å². The summed E-state index contributed by atoms with van der Waals surface area (Å²) in [6.07, 6.45) is 10.4. The highest BCUT2D eigenvalue weighted by Gasteiger charge is 2.31. The molecule has 2 aliphatic carbocycles. The van der Waals surface area contributed by atoms with Crippen LogP contribution in [0, 0.1) is 0 Å². The van der Waals surface area contributed by atoms with Gasteiger partial charge >= 0.3 is 0 Å². The van der Waals surface area contributed by atoms with Gasteiger partial charge in [0.05, 0.1) is 22.0 Å². The number of thiazole rings is 1. The quantitative estimate of drug-likeness (QED) is 0.339. The van der Waals surface area contributed by atoms with Crippen LogP contribution in [0.25, 0.3) is 27.5 Å². The fourth-order valence-corrected chi connectivity index (χ4v) is 6.46. The average molecular weight is 529 g/mol. The number of aromatic hydroxyl groups is 1. The molecule has 1 saturated carbocycles. The first-order valence-corrected chi connectivity index (χ1v) is 13.7. The molecule has 6 rings (SSSR count). The fraction of sp³-hybridized carbons (Fsp3) is 0.321. The molecule has 1 fully saturated rings. The minimum absolute atomic E-state index is 0.0388. The van der Waals surface area contributed by atoms with E-state index in [0.29, 0.717) is 29.2 Å². The molecule has 0 spiro atoms. The fourth-order valence-electron chi connectivity index (χ4n) is 5.34. The largest absolute Gasteiger partial charge is 0.506 e. The minimum atomic E-state index is -0.180. The Morgan fingerprint density at radius 2 is 1.97 bits per heavy atom. The topological polar surface area (TPSA) is 122 Å². The Kier molecular flexibility index (Phi) is 6.40. The van der Waals surface area contributed by atoms with Crippen molar-refractivity contribution in [2.45, 2.75) is 57.9 Å². The molecule has 3 aromatic heterocycles. The Morgan fingerprint density at radius 1 is 1.13 bits per heavy atom. The van der Waals surface area contributed by atoms with E-state index in [0.717, 1.165) is 58.8 Å². The van der Waals surface area contributed by atoms with Crippen molar-refractivity contribution in [3.8, 4) is 33.3 Å². The number of aromatic nitrogens is 4. The molecule has 1 aromatic carbocycles. The number of nitrogens with one attached hydrogen (secondary N) is 2. The summed E-state index contributed by atoms with van der Waals surface area (Å²) in [6, 6.07) is 8.97.